The third-order valence-corrected chi connectivity index (χ3v) is 4.66. The number of amides is 1. The summed E-state index contributed by atoms with van der Waals surface area (Å²) in [5.41, 5.74) is 6.54. The number of hydrogen-bond donors (Lipinski definition) is 2. The highest BCUT2D eigenvalue weighted by Gasteiger charge is 2.22. The van der Waals surface area contributed by atoms with Crippen LogP contribution in [0.1, 0.15) is 44.9 Å². The molecule has 1 fully saturated rings. The third kappa shape index (κ3) is 8.50. The van der Waals surface area contributed by atoms with Crippen molar-refractivity contribution in [1.82, 2.24) is 5.32 Å². The second kappa shape index (κ2) is 13.5. The van der Waals surface area contributed by atoms with Crippen LogP contribution in [0, 0.1) is 0 Å². The maximum absolute atomic E-state index is 12.1. The summed E-state index contributed by atoms with van der Waals surface area (Å²) in [5.74, 6) is 0.170. The second-order valence-electron chi connectivity index (χ2n) is 6.26. The summed E-state index contributed by atoms with van der Waals surface area (Å²) in [6.07, 6.45) is 6.94. The van der Waals surface area contributed by atoms with Gasteiger partial charge in [0.2, 0.25) is 5.91 Å². The van der Waals surface area contributed by atoms with Gasteiger partial charge >= 0.3 is 0 Å². The summed E-state index contributed by atoms with van der Waals surface area (Å²) in [7, 11) is 0. The topological polar surface area (TPSA) is 58.4 Å². The number of hydrogen-bond acceptors (Lipinski definition) is 3. The van der Waals surface area contributed by atoms with E-state index < -0.39 is 0 Å². The zero-order valence-electron chi connectivity index (χ0n) is 14.6. The highest BCUT2D eigenvalue weighted by atomic mass is 35.5. The number of nitrogens with two attached hydrogens (primary N) is 1. The Morgan fingerprint density at radius 2 is 1.92 bits per heavy atom. The lowest BCUT2D eigenvalue weighted by Gasteiger charge is -2.35. The fourth-order valence-corrected chi connectivity index (χ4v) is 3.36. The summed E-state index contributed by atoms with van der Waals surface area (Å²) in [5, 5.41) is 3.96. The Kier molecular flexibility index (Phi) is 13.1. The zero-order valence-corrected chi connectivity index (χ0v) is 17.0. The number of carbonyl (C=O) groups excluding carboxylic acids is 1. The Balaban J connectivity index is 0.00000288. The van der Waals surface area contributed by atoms with Crippen molar-refractivity contribution < 1.29 is 4.79 Å². The lowest BCUT2D eigenvalue weighted by molar-refractivity contribution is -0.122. The Hall–Kier alpha value is -0.680. The molecular formula is C18H30Cl3N3O. The Labute approximate surface area is 168 Å². The van der Waals surface area contributed by atoms with E-state index in [1.54, 1.807) is 0 Å². The van der Waals surface area contributed by atoms with Crippen molar-refractivity contribution >= 4 is 48.0 Å². The van der Waals surface area contributed by atoms with Gasteiger partial charge in [-0.3, -0.25) is 4.79 Å². The average molecular weight is 411 g/mol. The molecule has 1 aromatic carbocycles. The van der Waals surface area contributed by atoms with Gasteiger partial charge in [0.25, 0.3) is 0 Å². The minimum atomic E-state index is 0. The van der Waals surface area contributed by atoms with Gasteiger partial charge in [0.1, 0.15) is 0 Å². The van der Waals surface area contributed by atoms with E-state index >= 15 is 0 Å². The number of benzene rings is 1. The molecule has 1 aliphatic rings. The van der Waals surface area contributed by atoms with Crippen LogP contribution in [-0.4, -0.2) is 31.6 Å². The predicted molar refractivity (Wildman–Crippen MR) is 111 cm³/mol. The standard InChI is InChI=1S/C18H28ClN3O.2ClH/c19-16-9-4-5-10-17(16)22-13-7-8-15(14-22)21-18(23)11-3-1-2-6-12-20;;/h4-5,9-10,15H,1-3,6-8,11-14,20H2,(H,21,23);2*1H. The van der Waals surface area contributed by atoms with Crippen LogP contribution in [0.25, 0.3) is 0 Å². The first-order valence-electron chi connectivity index (χ1n) is 8.69. The number of unbranched alkanes of at least 4 members (excludes halogenated alkanes) is 3. The van der Waals surface area contributed by atoms with Crippen LogP contribution in [0.5, 0.6) is 0 Å². The van der Waals surface area contributed by atoms with Gasteiger partial charge < -0.3 is 16.0 Å². The van der Waals surface area contributed by atoms with E-state index in [0.717, 1.165) is 68.9 Å². The van der Waals surface area contributed by atoms with Crippen LogP contribution in [0.2, 0.25) is 5.02 Å². The fourth-order valence-electron chi connectivity index (χ4n) is 3.11. The minimum Gasteiger partial charge on any atom is -0.368 e. The summed E-state index contributed by atoms with van der Waals surface area (Å²) in [6, 6.07) is 8.13. The summed E-state index contributed by atoms with van der Waals surface area (Å²) in [6.45, 7) is 2.57. The molecule has 0 radical (unpaired) electrons. The van der Waals surface area contributed by atoms with Crippen molar-refractivity contribution in [2.24, 2.45) is 5.73 Å². The van der Waals surface area contributed by atoms with E-state index in [1.807, 2.05) is 24.3 Å². The average Bonchev–Trinajstić information content (AvgIpc) is 2.55. The molecule has 25 heavy (non-hydrogen) atoms. The van der Waals surface area contributed by atoms with Gasteiger partial charge in [-0.15, -0.1) is 24.8 Å². The highest BCUT2D eigenvalue weighted by molar-refractivity contribution is 6.33. The van der Waals surface area contributed by atoms with Gasteiger partial charge in [-0.05, 0) is 44.4 Å². The monoisotopic (exact) mass is 409 g/mol. The van der Waals surface area contributed by atoms with Crippen LogP contribution in [0.15, 0.2) is 24.3 Å². The molecule has 1 aliphatic heterocycles. The molecule has 1 aromatic rings. The number of nitrogens with zero attached hydrogens (tertiary/aromatic N) is 1. The molecule has 3 N–H and O–H groups in total. The molecule has 0 saturated carbocycles. The third-order valence-electron chi connectivity index (χ3n) is 4.34. The lowest BCUT2D eigenvalue weighted by atomic mass is 10.0. The first-order valence-corrected chi connectivity index (χ1v) is 9.07. The molecule has 7 heteroatoms. The second-order valence-corrected chi connectivity index (χ2v) is 6.66. The fraction of sp³-hybridized carbons (Fsp3) is 0.611. The van der Waals surface area contributed by atoms with Gasteiger partial charge in [0.15, 0.2) is 0 Å². The molecule has 4 nitrogen and oxygen atoms in total. The molecule has 0 bridgehead atoms. The maximum atomic E-state index is 12.1. The van der Waals surface area contributed by atoms with E-state index in [2.05, 4.69) is 10.2 Å². The molecule has 2 rings (SSSR count). The molecule has 1 unspecified atom stereocenters. The quantitative estimate of drug-likeness (QED) is 0.632. The molecule has 1 atom stereocenters. The van der Waals surface area contributed by atoms with E-state index in [0.29, 0.717) is 6.42 Å². The number of halogens is 3. The number of rotatable bonds is 8. The molecule has 0 spiro atoms. The molecular weight excluding hydrogens is 381 g/mol. The maximum Gasteiger partial charge on any atom is 0.220 e. The van der Waals surface area contributed by atoms with Crippen LogP contribution in [-0.2, 0) is 4.79 Å². The molecule has 1 amide bonds. The van der Waals surface area contributed by atoms with Gasteiger partial charge in [0, 0.05) is 25.6 Å². The summed E-state index contributed by atoms with van der Waals surface area (Å²) < 4.78 is 0. The summed E-state index contributed by atoms with van der Waals surface area (Å²) in [4.78, 5) is 14.3. The van der Waals surface area contributed by atoms with E-state index in [9.17, 15) is 4.79 Å². The molecule has 144 valence electrons. The predicted octanol–water partition coefficient (Wildman–Crippen LogP) is 4.18. The summed E-state index contributed by atoms with van der Waals surface area (Å²) >= 11 is 6.28. The molecule has 1 saturated heterocycles. The van der Waals surface area contributed by atoms with Crippen molar-refractivity contribution in [2.45, 2.75) is 51.0 Å². The van der Waals surface area contributed by atoms with E-state index in [-0.39, 0.29) is 36.8 Å². The Morgan fingerprint density at radius 3 is 2.64 bits per heavy atom. The largest absolute Gasteiger partial charge is 0.368 e. The molecule has 1 heterocycles. The van der Waals surface area contributed by atoms with Crippen molar-refractivity contribution in [3.8, 4) is 0 Å². The van der Waals surface area contributed by atoms with Crippen molar-refractivity contribution in [3.05, 3.63) is 29.3 Å². The minimum absolute atomic E-state index is 0. The van der Waals surface area contributed by atoms with Crippen molar-refractivity contribution in [1.29, 1.82) is 0 Å². The van der Waals surface area contributed by atoms with Crippen LogP contribution >= 0.6 is 36.4 Å². The molecule has 0 aromatic heterocycles. The highest BCUT2D eigenvalue weighted by Crippen LogP contribution is 2.27. The first kappa shape index (κ1) is 24.3. The number of carbonyl (C=O) groups is 1. The smallest absolute Gasteiger partial charge is 0.220 e. The van der Waals surface area contributed by atoms with Crippen LogP contribution in [0.4, 0.5) is 5.69 Å². The Morgan fingerprint density at radius 1 is 1.20 bits per heavy atom. The van der Waals surface area contributed by atoms with Crippen LogP contribution < -0.4 is 16.0 Å². The zero-order chi connectivity index (χ0) is 16.5. The molecule has 0 aliphatic carbocycles. The van der Waals surface area contributed by atoms with Gasteiger partial charge in [-0.2, -0.15) is 0 Å². The Bertz CT molecular complexity index is 502. The number of nitrogens with one attached hydrogen (secondary N) is 1. The number of para-hydroxylation sites is 1. The van der Waals surface area contributed by atoms with Crippen molar-refractivity contribution in [2.75, 3.05) is 24.5 Å². The van der Waals surface area contributed by atoms with E-state index in [1.165, 1.54) is 0 Å². The van der Waals surface area contributed by atoms with Crippen LogP contribution in [0.3, 0.4) is 0 Å². The van der Waals surface area contributed by atoms with Gasteiger partial charge in [-0.25, -0.2) is 0 Å². The van der Waals surface area contributed by atoms with Gasteiger partial charge in [-0.1, -0.05) is 36.6 Å². The number of piperidine rings is 1. The van der Waals surface area contributed by atoms with Crippen molar-refractivity contribution in [3.63, 3.8) is 0 Å². The number of anilines is 1. The normalized spacial score (nSPS) is 16.6. The first-order chi connectivity index (χ1) is 11.2. The SMILES string of the molecule is Cl.Cl.NCCCCCCC(=O)NC1CCCN(c2ccccc2Cl)C1. The van der Waals surface area contributed by atoms with Gasteiger partial charge in [0.05, 0.1) is 10.7 Å². The van der Waals surface area contributed by atoms with E-state index in [4.69, 9.17) is 17.3 Å². The lowest BCUT2D eigenvalue weighted by Crippen LogP contribution is -2.47.